The average Bonchev–Trinajstić information content (AvgIpc) is 4.24. The van der Waals surface area contributed by atoms with Crippen molar-refractivity contribution in [1.29, 1.82) is 0 Å². The molecule has 4 heterocycles. The van der Waals surface area contributed by atoms with E-state index in [1.807, 2.05) is 48.5 Å². The monoisotopic (exact) mass is 958 g/mol. The van der Waals surface area contributed by atoms with Crippen molar-refractivity contribution in [1.82, 2.24) is 19.9 Å². The zero-order chi connectivity index (χ0) is 48.1. The number of fused-ring (bicyclic) bond motifs is 4. The van der Waals surface area contributed by atoms with Crippen molar-refractivity contribution in [3.8, 4) is 23.0 Å². The lowest BCUT2D eigenvalue weighted by Gasteiger charge is -2.37. The molecule has 4 aromatic carbocycles. The zero-order valence-electron chi connectivity index (χ0n) is 39.5. The number of aliphatic hydroxyl groups is 2. The molecule has 2 N–H and O–H groups in total. The normalized spacial score (nSPS) is 19.4. The molecule has 370 valence electrons. The topological polar surface area (TPSA) is 177 Å². The number of aliphatic hydroxyl groups excluding tert-OH is 2. The van der Waals surface area contributed by atoms with Crippen LogP contribution in [0.2, 0.25) is 0 Å². The molecule has 4 aromatic rings. The number of carbonyl (C=O) groups is 4. The Kier molecular flexibility index (Phi) is 14.5. The number of rotatable bonds is 14. The van der Waals surface area contributed by atoms with Gasteiger partial charge in [-0.05, 0) is 147 Å². The molecule has 2 aliphatic carbocycles. The number of hydrogen-bond acceptors (Lipinski definition) is 14. The van der Waals surface area contributed by atoms with Crippen molar-refractivity contribution in [2.75, 3.05) is 65.7 Å². The summed E-state index contributed by atoms with van der Waals surface area (Å²) in [6, 6.07) is 23.7. The van der Waals surface area contributed by atoms with Gasteiger partial charge in [0.05, 0.1) is 0 Å². The molecule has 0 radical (unpaired) electrons. The summed E-state index contributed by atoms with van der Waals surface area (Å²) in [6.45, 7) is 4.37. The van der Waals surface area contributed by atoms with Crippen molar-refractivity contribution < 1.29 is 58.0 Å². The summed E-state index contributed by atoms with van der Waals surface area (Å²) in [5.74, 6) is -2.73. The Labute approximate surface area is 407 Å². The maximum atomic E-state index is 14.9. The first-order valence-corrected chi connectivity index (χ1v) is 25.0. The molecule has 0 bridgehead atoms. The third-order valence-electron chi connectivity index (χ3n) is 14.7. The van der Waals surface area contributed by atoms with Gasteiger partial charge >= 0.3 is 11.9 Å². The van der Waals surface area contributed by atoms with Crippen LogP contribution in [0.15, 0.2) is 84.9 Å². The molecule has 4 aliphatic heterocycles. The predicted octanol–water partition coefficient (Wildman–Crippen LogP) is 5.11. The lowest BCUT2D eigenvalue weighted by Crippen LogP contribution is -2.53. The zero-order valence-corrected chi connectivity index (χ0v) is 39.5. The van der Waals surface area contributed by atoms with Gasteiger partial charge in [0.25, 0.3) is 11.8 Å². The van der Waals surface area contributed by atoms with Gasteiger partial charge in [-0.25, -0.2) is 9.59 Å². The molecule has 0 aromatic heterocycles. The number of hydrogen-bond donors (Lipinski definition) is 2. The highest BCUT2D eigenvalue weighted by Gasteiger charge is 2.43. The van der Waals surface area contributed by atoms with E-state index in [9.17, 15) is 29.4 Å². The Bertz CT molecular complexity index is 2320. The third-order valence-corrected chi connectivity index (χ3v) is 14.7. The van der Waals surface area contributed by atoms with Crippen LogP contribution in [-0.2, 0) is 54.5 Å². The second-order valence-electron chi connectivity index (χ2n) is 19.5. The molecule has 10 rings (SSSR count). The van der Waals surface area contributed by atoms with Crippen LogP contribution in [0, 0.1) is 11.8 Å². The fourth-order valence-electron chi connectivity index (χ4n) is 11.1. The second kappa shape index (κ2) is 21.4. The molecule has 0 unspecified atom stereocenters. The summed E-state index contributed by atoms with van der Waals surface area (Å²) < 4.78 is 23.2. The van der Waals surface area contributed by atoms with E-state index in [4.69, 9.17) is 28.6 Å². The highest BCUT2D eigenvalue weighted by atomic mass is 16.8. The maximum Gasteiger partial charge on any atom is 0.444 e. The van der Waals surface area contributed by atoms with E-state index in [1.54, 1.807) is 36.4 Å². The van der Waals surface area contributed by atoms with E-state index in [-0.39, 0.29) is 37.8 Å². The van der Waals surface area contributed by atoms with Crippen LogP contribution in [0.1, 0.15) is 84.1 Å². The first-order valence-electron chi connectivity index (χ1n) is 25.0. The number of benzene rings is 4. The minimum Gasteiger partial charge on any atom is -0.486 e. The number of likely N-dealkylation sites (tertiary alicyclic amines) is 2. The summed E-state index contributed by atoms with van der Waals surface area (Å²) >= 11 is 0. The van der Waals surface area contributed by atoms with Crippen molar-refractivity contribution in [2.24, 2.45) is 11.8 Å². The number of amides is 2. The predicted molar refractivity (Wildman–Crippen MR) is 253 cm³/mol. The first-order chi connectivity index (χ1) is 34.1. The second-order valence-corrected chi connectivity index (χ2v) is 19.5. The summed E-state index contributed by atoms with van der Waals surface area (Å²) in [6.07, 6.45) is 3.20. The summed E-state index contributed by atoms with van der Waals surface area (Å²) in [4.78, 5) is 74.8. The Morgan fingerprint density at radius 1 is 0.514 bits per heavy atom. The van der Waals surface area contributed by atoms with Crippen molar-refractivity contribution >= 4 is 23.8 Å². The molecule has 2 amide bonds. The van der Waals surface area contributed by atoms with E-state index >= 15 is 0 Å². The van der Waals surface area contributed by atoms with E-state index < -0.39 is 48.0 Å². The first kappa shape index (κ1) is 47.5. The molecule has 6 aliphatic rings. The van der Waals surface area contributed by atoms with Gasteiger partial charge in [-0.1, -0.05) is 60.7 Å². The van der Waals surface area contributed by atoms with Gasteiger partial charge in [0.1, 0.15) is 50.7 Å². The SMILES string of the molecule is O=C(ON(C(=O)CC1Cc2ccccc2C1)[C@H](CN1CCCC1)[C@H](O)c1ccc2c(c1)OCCO2)C(=O)ON(C(=O)CC1Cc2ccccc2C1)[C@H](CN1CCCC1)[C@H](O)c1ccc2c(c1)OCCO2. The lowest BCUT2D eigenvalue weighted by molar-refractivity contribution is -0.236. The van der Waals surface area contributed by atoms with E-state index in [2.05, 4.69) is 9.80 Å². The molecule has 70 heavy (non-hydrogen) atoms. The summed E-state index contributed by atoms with van der Waals surface area (Å²) in [7, 11) is 0. The van der Waals surface area contributed by atoms with Crippen molar-refractivity contribution in [2.45, 2.75) is 88.5 Å². The molecule has 4 atom stereocenters. The van der Waals surface area contributed by atoms with Gasteiger partial charge in [0.15, 0.2) is 23.0 Å². The number of nitrogens with zero attached hydrogens (tertiary/aromatic N) is 4. The standard InChI is InChI=1S/C54H62N4O12/c59-49(29-35-25-37-9-1-2-10-38(37)26-35)57(43(33-55-17-5-6-18-55)51(61)41-13-15-45-47(31-41)67-23-21-65-45)69-53(63)54(64)70-58(50(60)30-36-27-39-11-3-4-12-40(39)28-36)44(34-56-19-7-8-20-56)52(62)42-14-16-46-48(32-42)68-24-22-66-46/h1-4,9-16,31-32,35-36,43-44,51-52,61-62H,5-8,17-30,33-34H2/t43-,44-,51-,52-/m1/s1. The van der Waals surface area contributed by atoms with Crippen LogP contribution < -0.4 is 18.9 Å². The van der Waals surface area contributed by atoms with Crippen LogP contribution in [0.25, 0.3) is 0 Å². The minimum atomic E-state index is -1.57. The molecule has 2 saturated heterocycles. The number of ether oxygens (including phenoxy) is 4. The Hall–Kier alpha value is -6.20. The van der Waals surface area contributed by atoms with Gasteiger partial charge < -0.3 is 48.6 Å². The molecule has 16 heteroatoms. The number of hydroxylamine groups is 4. The van der Waals surface area contributed by atoms with Crippen LogP contribution in [0.3, 0.4) is 0 Å². The highest BCUT2D eigenvalue weighted by molar-refractivity contribution is 6.29. The van der Waals surface area contributed by atoms with Gasteiger partial charge in [-0.2, -0.15) is 10.1 Å². The van der Waals surface area contributed by atoms with Crippen LogP contribution in [0.5, 0.6) is 23.0 Å². The van der Waals surface area contributed by atoms with Crippen molar-refractivity contribution in [3.63, 3.8) is 0 Å². The Morgan fingerprint density at radius 3 is 1.21 bits per heavy atom. The quantitative estimate of drug-likeness (QED) is 0.126. The summed E-state index contributed by atoms with van der Waals surface area (Å²) in [5.41, 5.74) is 5.30. The van der Waals surface area contributed by atoms with Gasteiger partial charge in [-0.3, -0.25) is 9.59 Å². The molecular formula is C54H62N4O12. The van der Waals surface area contributed by atoms with E-state index in [0.29, 0.717) is 112 Å². The molecule has 2 fully saturated rings. The fraction of sp³-hybridized carbons (Fsp3) is 0.481. The molecule has 0 saturated carbocycles. The molecular weight excluding hydrogens is 897 g/mol. The van der Waals surface area contributed by atoms with Crippen LogP contribution in [0.4, 0.5) is 0 Å². The highest BCUT2D eigenvalue weighted by Crippen LogP contribution is 2.38. The Morgan fingerprint density at radius 2 is 0.857 bits per heavy atom. The number of carbonyl (C=O) groups excluding carboxylic acids is 4. The van der Waals surface area contributed by atoms with Gasteiger partial charge in [0, 0.05) is 25.9 Å². The molecule has 0 spiro atoms. The fourth-order valence-corrected chi connectivity index (χ4v) is 11.1. The van der Waals surface area contributed by atoms with Crippen LogP contribution in [-0.4, -0.2) is 132 Å². The van der Waals surface area contributed by atoms with Crippen molar-refractivity contribution in [3.05, 3.63) is 118 Å². The largest absolute Gasteiger partial charge is 0.486 e. The molecule has 16 nitrogen and oxygen atoms in total. The van der Waals surface area contributed by atoms with Gasteiger partial charge in [-0.15, -0.1) is 0 Å². The summed E-state index contributed by atoms with van der Waals surface area (Å²) in [5, 5.41) is 26.4. The third kappa shape index (κ3) is 10.7. The smallest absolute Gasteiger partial charge is 0.444 e. The van der Waals surface area contributed by atoms with E-state index in [1.165, 1.54) is 0 Å². The lowest BCUT2D eigenvalue weighted by atomic mass is 9.98. The Balaban J connectivity index is 0.961. The van der Waals surface area contributed by atoms with Gasteiger partial charge in [0.2, 0.25) is 0 Å². The van der Waals surface area contributed by atoms with Crippen LogP contribution >= 0.6 is 0 Å². The average molecular weight is 959 g/mol. The minimum absolute atomic E-state index is 0.0462. The maximum absolute atomic E-state index is 14.9. The van der Waals surface area contributed by atoms with E-state index in [0.717, 1.165) is 58.1 Å².